The Morgan fingerprint density at radius 2 is 1.90 bits per heavy atom. The quantitative estimate of drug-likeness (QED) is 0.398. The van der Waals surface area contributed by atoms with Crippen molar-refractivity contribution in [1.82, 2.24) is 14.8 Å². The number of likely N-dealkylation sites (tertiary alicyclic amines) is 1. The average molecular weight is 422 g/mol. The number of carbonyl (C=O) groups is 2. The van der Waals surface area contributed by atoms with E-state index in [0.29, 0.717) is 12.1 Å². The van der Waals surface area contributed by atoms with Crippen LogP contribution < -0.4 is 0 Å². The molecule has 1 N–H and O–H groups in total. The fourth-order valence-electron chi connectivity index (χ4n) is 4.14. The zero-order valence-electron chi connectivity index (χ0n) is 18.8. The largest absolute Gasteiger partial charge is 0.507 e. The van der Waals surface area contributed by atoms with Gasteiger partial charge in [0.25, 0.3) is 11.7 Å². The van der Waals surface area contributed by atoms with Crippen LogP contribution in [-0.4, -0.2) is 57.8 Å². The first-order chi connectivity index (χ1) is 14.9. The van der Waals surface area contributed by atoms with Crippen LogP contribution in [-0.2, 0) is 9.59 Å². The summed E-state index contributed by atoms with van der Waals surface area (Å²) in [4.78, 5) is 34.1. The van der Waals surface area contributed by atoms with Crippen molar-refractivity contribution < 1.29 is 14.7 Å². The number of carbonyl (C=O) groups excluding carboxylic acids is 2. The zero-order chi connectivity index (χ0) is 22.5. The van der Waals surface area contributed by atoms with Gasteiger partial charge in [-0.1, -0.05) is 37.6 Å². The molecule has 1 fully saturated rings. The van der Waals surface area contributed by atoms with E-state index in [-0.39, 0.29) is 11.3 Å². The summed E-state index contributed by atoms with van der Waals surface area (Å²) in [6.07, 6.45) is 4.06. The maximum Gasteiger partial charge on any atom is 0.295 e. The third kappa shape index (κ3) is 4.69. The Morgan fingerprint density at radius 3 is 2.55 bits per heavy atom. The van der Waals surface area contributed by atoms with E-state index in [2.05, 4.69) is 23.7 Å². The van der Waals surface area contributed by atoms with Crippen molar-refractivity contribution in [2.45, 2.75) is 40.2 Å². The molecule has 1 aromatic carbocycles. The van der Waals surface area contributed by atoms with Gasteiger partial charge in [-0.15, -0.1) is 0 Å². The number of amides is 1. The third-order valence-electron chi connectivity index (χ3n) is 5.96. The molecule has 2 heterocycles. The number of hydrogen-bond donors (Lipinski definition) is 1. The lowest BCUT2D eigenvalue weighted by atomic mass is 9.94. The predicted molar refractivity (Wildman–Crippen MR) is 122 cm³/mol. The van der Waals surface area contributed by atoms with Gasteiger partial charge < -0.3 is 14.9 Å². The normalized spacial score (nSPS) is 18.2. The molecule has 1 aromatic heterocycles. The predicted octanol–water partition coefficient (Wildman–Crippen LogP) is 3.85. The van der Waals surface area contributed by atoms with Gasteiger partial charge in [0.1, 0.15) is 5.76 Å². The summed E-state index contributed by atoms with van der Waals surface area (Å²) in [6.45, 7) is 11.2. The van der Waals surface area contributed by atoms with E-state index in [0.717, 1.165) is 42.7 Å². The van der Waals surface area contributed by atoms with Crippen molar-refractivity contribution in [1.29, 1.82) is 0 Å². The monoisotopic (exact) mass is 421 g/mol. The van der Waals surface area contributed by atoms with Crippen LogP contribution in [0.25, 0.3) is 5.76 Å². The van der Waals surface area contributed by atoms with E-state index >= 15 is 0 Å². The molecule has 1 aliphatic rings. The number of Topliss-reactive ketones (excluding diaryl/α,β-unsaturated/α-hetero) is 1. The number of aliphatic hydroxyl groups is 1. The zero-order valence-corrected chi connectivity index (χ0v) is 18.8. The second kappa shape index (κ2) is 9.88. The first kappa shape index (κ1) is 22.7. The summed E-state index contributed by atoms with van der Waals surface area (Å²) in [5.74, 6) is -1.34. The second-order valence-corrected chi connectivity index (χ2v) is 7.98. The fraction of sp³-hybridized carbons (Fsp3) is 0.400. The van der Waals surface area contributed by atoms with Gasteiger partial charge in [0.2, 0.25) is 0 Å². The Kier molecular flexibility index (Phi) is 7.23. The molecule has 0 spiro atoms. The van der Waals surface area contributed by atoms with Crippen molar-refractivity contribution in [3.8, 4) is 0 Å². The van der Waals surface area contributed by atoms with Crippen LogP contribution in [0.15, 0.2) is 48.3 Å². The number of nitrogens with zero attached hydrogens (tertiary/aromatic N) is 3. The summed E-state index contributed by atoms with van der Waals surface area (Å²) >= 11 is 0. The lowest BCUT2D eigenvalue weighted by Crippen LogP contribution is -2.33. The van der Waals surface area contributed by atoms with Crippen LogP contribution in [0.1, 0.15) is 48.6 Å². The Labute approximate surface area is 184 Å². The first-order valence-corrected chi connectivity index (χ1v) is 10.9. The Hall–Kier alpha value is -2.99. The highest BCUT2D eigenvalue weighted by Crippen LogP contribution is 2.39. The molecule has 1 saturated heterocycles. The van der Waals surface area contributed by atoms with Crippen molar-refractivity contribution in [2.24, 2.45) is 0 Å². The first-order valence-electron chi connectivity index (χ1n) is 10.9. The number of ketones is 1. The summed E-state index contributed by atoms with van der Waals surface area (Å²) < 4.78 is 0. The molecular formula is C25H31N3O3. The van der Waals surface area contributed by atoms with Gasteiger partial charge >= 0.3 is 0 Å². The smallest absolute Gasteiger partial charge is 0.295 e. The van der Waals surface area contributed by atoms with E-state index < -0.39 is 17.7 Å². The van der Waals surface area contributed by atoms with Crippen LogP contribution >= 0.6 is 0 Å². The molecule has 3 rings (SSSR count). The molecule has 1 unspecified atom stereocenters. The average Bonchev–Trinajstić information content (AvgIpc) is 3.03. The van der Waals surface area contributed by atoms with Crippen LogP contribution in [0, 0.1) is 13.8 Å². The molecule has 0 bridgehead atoms. The number of aromatic nitrogens is 1. The Morgan fingerprint density at radius 1 is 1.16 bits per heavy atom. The van der Waals surface area contributed by atoms with Gasteiger partial charge in [-0.05, 0) is 63.2 Å². The molecule has 2 aromatic rings. The van der Waals surface area contributed by atoms with Crippen LogP contribution in [0.5, 0.6) is 0 Å². The molecule has 0 radical (unpaired) electrons. The minimum Gasteiger partial charge on any atom is -0.507 e. The van der Waals surface area contributed by atoms with E-state index in [9.17, 15) is 14.7 Å². The second-order valence-electron chi connectivity index (χ2n) is 7.98. The molecular weight excluding hydrogens is 390 g/mol. The van der Waals surface area contributed by atoms with E-state index in [1.807, 2.05) is 38.1 Å². The SMILES string of the molecule is CCN(CC)CCCN1C(=O)C(=O)C(=C(O)c2cc(C)ccc2C)C1c1cccnc1. The van der Waals surface area contributed by atoms with Crippen LogP contribution in [0.3, 0.4) is 0 Å². The van der Waals surface area contributed by atoms with Gasteiger partial charge in [-0.2, -0.15) is 0 Å². The minimum atomic E-state index is -0.648. The van der Waals surface area contributed by atoms with Gasteiger partial charge in [-0.25, -0.2) is 0 Å². The highest BCUT2D eigenvalue weighted by atomic mass is 16.3. The molecule has 1 aliphatic heterocycles. The van der Waals surface area contributed by atoms with Crippen molar-refractivity contribution >= 4 is 17.4 Å². The van der Waals surface area contributed by atoms with Gasteiger partial charge in [-0.3, -0.25) is 14.6 Å². The highest BCUT2D eigenvalue weighted by Gasteiger charge is 2.46. The Balaban J connectivity index is 2.04. The summed E-state index contributed by atoms with van der Waals surface area (Å²) in [5, 5.41) is 11.2. The standard InChI is InChI=1S/C25H31N3O3/c1-5-27(6-2)13-8-14-28-22(19-9-7-12-26-16-19)21(24(30)25(28)31)23(29)20-15-17(3)10-11-18(20)4/h7,9-12,15-16,22,29H,5-6,8,13-14H2,1-4H3. The molecule has 6 heteroatoms. The van der Waals surface area contributed by atoms with Gasteiger partial charge in [0, 0.05) is 24.5 Å². The summed E-state index contributed by atoms with van der Waals surface area (Å²) in [6, 6.07) is 8.68. The molecule has 0 aliphatic carbocycles. The number of aryl methyl sites for hydroxylation is 2. The molecule has 6 nitrogen and oxygen atoms in total. The maximum absolute atomic E-state index is 13.1. The van der Waals surface area contributed by atoms with Gasteiger partial charge in [0.05, 0.1) is 11.6 Å². The van der Waals surface area contributed by atoms with Gasteiger partial charge in [0.15, 0.2) is 0 Å². The van der Waals surface area contributed by atoms with Crippen LogP contribution in [0.4, 0.5) is 0 Å². The number of pyridine rings is 1. The lowest BCUT2D eigenvalue weighted by molar-refractivity contribution is -0.140. The summed E-state index contributed by atoms with van der Waals surface area (Å²) in [7, 11) is 0. The van der Waals surface area contributed by atoms with Crippen molar-refractivity contribution in [3.63, 3.8) is 0 Å². The third-order valence-corrected chi connectivity index (χ3v) is 5.96. The maximum atomic E-state index is 13.1. The van der Waals surface area contributed by atoms with Crippen molar-refractivity contribution in [3.05, 3.63) is 70.6 Å². The molecule has 31 heavy (non-hydrogen) atoms. The fourth-order valence-corrected chi connectivity index (χ4v) is 4.14. The number of hydrogen-bond acceptors (Lipinski definition) is 5. The van der Waals surface area contributed by atoms with Crippen molar-refractivity contribution in [2.75, 3.05) is 26.2 Å². The minimum absolute atomic E-state index is 0.125. The number of benzene rings is 1. The highest BCUT2D eigenvalue weighted by molar-refractivity contribution is 6.46. The molecule has 164 valence electrons. The summed E-state index contributed by atoms with van der Waals surface area (Å²) in [5.41, 5.74) is 3.25. The molecule has 1 amide bonds. The molecule has 1 atom stereocenters. The lowest BCUT2D eigenvalue weighted by Gasteiger charge is -2.26. The van der Waals surface area contributed by atoms with Crippen LogP contribution in [0.2, 0.25) is 0 Å². The van der Waals surface area contributed by atoms with E-state index in [4.69, 9.17) is 0 Å². The number of aliphatic hydroxyl groups excluding tert-OH is 1. The van der Waals surface area contributed by atoms with E-state index in [1.54, 1.807) is 23.4 Å². The molecule has 0 saturated carbocycles. The van der Waals surface area contributed by atoms with E-state index in [1.165, 1.54) is 0 Å². The Bertz CT molecular complexity index is 981. The number of rotatable bonds is 8. The topological polar surface area (TPSA) is 73.7 Å².